The zero-order valence-corrected chi connectivity index (χ0v) is 10.6. The van der Waals surface area contributed by atoms with Gasteiger partial charge in [-0.3, -0.25) is 0 Å². The van der Waals surface area contributed by atoms with Crippen LogP contribution in [-0.2, 0) is 0 Å². The molecule has 0 aliphatic rings. The highest BCUT2D eigenvalue weighted by molar-refractivity contribution is 5.33. The quantitative estimate of drug-likeness (QED) is 0.792. The van der Waals surface area contributed by atoms with Crippen molar-refractivity contribution >= 4 is 0 Å². The van der Waals surface area contributed by atoms with Gasteiger partial charge in [0.15, 0.2) is 0 Å². The minimum atomic E-state index is -0.145. The highest BCUT2D eigenvalue weighted by Gasteiger charge is 2.09. The van der Waals surface area contributed by atoms with Crippen molar-refractivity contribution in [1.82, 2.24) is 0 Å². The van der Waals surface area contributed by atoms with E-state index in [0.717, 1.165) is 36.3 Å². The first-order chi connectivity index (χ1) is 8.81. The molecule has 1 atom stereocenters. The molecular formula is C15H19NO2. The minimum Gasteiger partial charge on any atom is -0.494 e. The molecule has 18 heavy (non-hydrogen) atoms. The van der Waals surface area contributed by atoms with Gasteiger partial charge in [0.25, 0.3) is 0 Å². The maximum atomic E-state index is 6.13. The summed E-state index contributed by atoms with van der Waals surface area (Å²) in [6.07, 6.45) is 5.54. The van der Waals surface area contributed by atoms with Crippen molar-refractivity contribution in [2.45, 2.75) is 25.8 Å². The molecule has 2 N–H and O–H groups in total. The molecule has 96 valence electrons. The Morgan fingerprint density at radius 3 is 2.56 bits per heavy atom. The van der Waals surface area contributed by atoms with Crippen LogP contribution >= 0.6 is 0 Å². The Bertz CT molecular complexity index is 448. The van der Waals surface area contributed by atoms with E-state index in [9.17, 15) is 0 Å². The van der Waals surface area contributed by atoms with Crippen molar-refractivity contribution in [3.05, 3.63) is 54.0 Å². The summed E-state index contributed by atoms with van der Waals surface area (Å²) < 4.78 is 10.7. The normalized spacial score (nSPS) is 12.3. The molecular weight excluding hydrogens is 226 g/mol. The van der Waals surface area contributed by atoms with Crippen molar-refractivity contribution in [1.29, 1.82) is 0 Å². The molecule has 0 bridgehead atoms. The maximum absolute atomic E-state index is 6.13. The van der Waals surface area contributed by atoms with Crippen LogP contribution in [0, 0.1) is 0 Å². The number of furan rings is 1. The van der Waals surface area contributed by atoms with Crippen molar-refractivity contribution in [2.24, 2.45) is 5.73 Å². The first kappa shape index (κ1) is 12.7. The summed E-state index contributed by atoms with van der Waals surface area (Å²) in [5.74, 6) is 0.895. The van der Waals surface area contributed by atoms with Crippen molar-refractivity contribution in [3.8, 4) is 5.75 Å². The predicted octanol–water partition coefficient (Wildman–Crippen LogP) is 3.51. The molecule has 3 heteroatoms. The van der Waals surface area contributed by atoms with Crippen LogP contribution in [0.1, 0.15) is 36.9 Å². The first-order valence-corrected chi connectivity index (χ1v) is 6.31. The van der Waals surface area contributed by atoms with Crippen LogP contribution in [0.4, 0.5) is 0 Å². The SMILES string of the molecule is CCCCOc1ccc(C(N)c2ccoc2)cc1. The van der Waals surface area contributed by atoms with E-state index in [0.29, 0.717) is 0 Å². The second-order valence-electron chi connectivity index (χ2n) is 4.31. The van der Waals surface area contributed by atoms with Gasteiger partial charge in [-0.1, -0.05) is 25.5 Å². The fourth-order valence-electron chi connectivity index (χ4n) is 1.75. The van der Waals surface area contributed by atoms with E-state index >= 15 is 0 Å². The summed E-state index contributed by atoms with van der Waals surface area (Å²) in [6, 6.07) is 9.66. The third-order valence-electron chi connectivity index (χ3n) is 2.91. The van der Waals surface area contributed by atoms with Crippen molar-refractivity contribution in [2.75, 3.05) is 6.61 Å². The van der Waals surface area contributed by atoms with Gasteiger partial charge in [-0.05, 0) is 30.2 Å². The molecule has 2 aromatic rings. The number of nitrogens with two attached hydrogens (primary N) is 1. The van der Waals surface area contributed by atoms with Gasteiger partial charge in [-0.2, -0.15) is 0 Å². The smallest absolute Gasteiger partial charge is 0.119 e. The van der Waals surface area contributed by atoms with Gasteiger partial charge in [0, 0.05) is 5.56 Å². The molecule has 1 unspecified atom stereocenters. The zero-order chi connectivity index (χ0) is 12.8. The molecule has 3 nitrogen and oxygen atoms in total. The lowest BCUT2D eigenvalue weighted by Crippen LogP contribution is -2.10. The number of hydrogen-bond donors (Lipinski definition) is 1. The van der Waals surface area contributed by atoms with Crippen LogP contribution < -0.4 is 10.5 Å². The predicted molar refractivity (Wildman–Crippen MR) is 71.6 cm³/mol. The topological polar surface area (TPSA) is 48.4 Å². The highest BCUT2D eigenvalue weighted by Crippen LogP contribution is 2.22. The van der Waals surface area contributed by atoms with Gasteiger partial charge < -0.3 is 14.9 Å². The molecule has 0 fully saturated rings. The van der Waals surface area contributed by atoms with Gasteiger partial charge in [0.05, 0.1) is 25.2 Å². The van der Waals surface area contributed by atoms with Crippen LogP contribution in [0.5, 0.6) is 5.75 Å². The summed E-state index contributed by atoms with van der Waals surface area (Å²) in [7, 11) is 0. The van der Waals surface area contributed by atoms with Crippen molar-refractivity contribution < 1.29 is 9.15 Å². The Balaban J connectivity index is 1.99. The van der Waals surface area contributed by atoms with E-state index in [1.54, 1.807) is 12.5 Å². The lowest BCUT2D eigenvalue weighted by molar-refractivity contribution is 0.309. The number of benzene rings is 1. The van der Waals surface area contributed by atoms with Crippen LogP contribution in [0.3, 0.4) is 0 Å². The van der Waals surface area contributed by atoms with Crippen LogP contribution in [0.2, 0.25) is 0 Å². The Morgan fingerprint density at radius 2 is 1.94 bits per heavy atom. The Morgan fingerprint density at radius 1 is 1.17 bits per heavy atom. The molecule has 2 rings (SSSR count). The molecule has 1 heterocycles. The number of rotatable bonds is 6. The fourth-order valence-corrected chi connectivity index (χ4v) is 1.75. The van der Waals surface area contributed by atoms with Crippen LogP contribution in [0.25, 0.3) is 0 Å². The van der Waals surface area contributed by atoms with E-state index in [2.05, 4.69) is 6.92 Å². The largest absolute Gasteiger partial charge is 0.494 e. The van der Waals surface area contributed by atoms with Gasteiger partial charge in [0.2, 0.25) is 0 Å². The summed E-state index contributed by atoms with van der Waals surface area (Å²) >= 11 is 0. The third kappa shape index (κ3) is 3.14. The van der Waals surface area contributed by atoms with Crippen molar-refractivity contribution in [3.63, 3.8) is 0 Å². The molecule has 0 aliphatic carbocycles. The summed E-state index contributed by atoms with van der Waals surface area (Å²) in [6.45, 7) is 2.92. The van der Waals surface area contributed by atoms with Gasteiger partial charge in [-0.25, -0.2) is 0 Å². The monoisotopic (exact) mass is 245 g/mol. The van der Waals surface area contributed by atoms with Gasteiger partial charge in [0.1, 0.15) is 5.75 Å². The molecule has 0 saturated carbocycles. The molecule has 1 aromatic heterocycles. The Kier molecular flexibility index (Phi) is 4.42. The van der Waals surface area contributed by atoms with Crippen LogP contribution in [0.15, 0.2) is 47.3 Å². The van der Waals surface area contributed by atoms with Gasteiger partial charge in [-0.15, -0.1) is 0 Å². The molecule has 0 amide bonds. The van der Waals surface area contributed by atoms with E-state index in [4.69, 9.17) is 14.9 Å². The average molecular weight is 245 g/mol. The molecule has 0 saturated heterocycles. The fraction of sp³-hybridized carbons (Fsp3) is 0.333. The molecule has 0 aliphatic heterocycles. The zero-order valence-electron chi connectivity index (χ0n) is 10.6. The number of ether oxygens (including phenoxy) is 1. The molecule has 0 radical (unpaired) electrons. The maximum Gasteiger partial charge on any atom is 0.119 e. The van der Waals surface area contributed by atoms with E-state index in [1.165, 1.54) is 0 Å². The average Bonchev–Trinajstić information content (AvgIpc) is 2.93. The van der Waals surface area contributed by atoms with E-state index < -0.39 is 0 Å². The van der Waals surface area contributed by atoms with Gasteiger partial charge >= 0.3 is 0 Å². The summed E-state index contributed by atoms with van der Waals surface area (Å²) in [5.41, 5.74) is 8.17. The second kappa shape index (κ2) is 6.26. The van der Waals surface area contributed by atoms with E-state index in [-0.39, 0.29) is 6.04 Å². The summed E-state index contributed by atoms with van der Waals surface area (Å²) in [4.78, 5) is 0. The standard InChI is InChI=1S/C15H19NO2/c1-2-3-9-18-14-6-4-12(5-7-14)15(16)13-8-10-17-11-13/h4-8,10-11,15H,2-3,9,16H2,1H3. The lowest BCUT2D eigenvalue weighted by Gasteiger charge is -2.11. The number of hydrogen-bond acceptors (Lipinski definition) is 3. The lowest BCUT2D eigenvalue weighted by atomic mass is 10.0. The second-order valence-corrected chi connectivity index (χ2v) is 4.31. The first-order valence-electron chi connectivity index (χ1n) is 6.31. The minimum absolute atomic E-state index is 0.145. The highest BCUT2D eigenvalue weighted by atomic mass is 16.5. The Hall–Kier alpha value is -1.74. The van der Waals surface area contributed by atoms with E-state index in [1.807, 2.05) is 30.3 Å². The molecule has 1 aromatic carbocycles. The van der Waals surface area contributed by atoms with Crippen LogP contribution in [-0.4, -0.2) is 6.61 Å². The molecule has 0 spiro atoms. The summed E-state index contributed by atoms with van der Waals surface area (Å²) in [5, 5.41) is 0. The third-order valence-corrected chi connectivity index (χ3v) is 2.91. The Labute approximate surface area is 108 Å². The number of unbranched alkanes of at least 4 members (excludes halogenated alkanes) is 1.